The van der Waals surface area contributed by atoms with Crippen LogP contribution in [-0.2, 0) is 22.4 Å². The second kappa shape index (κ2) is 11.1. The molecule has 0 saturated heterocycles. The summed E-state index contributed by atoms with van der Waals surface area (Å²) in [5, 5.41) is 2.97. The summed E-state index contributed by atoms with van der Waals surface area (Å²) >= 11 is 0. The second-order valence-electron chi connectivity index (χ2n) is 6.51. The lowest BCUT2D eigenvalue weighted by Crippen LogP contribution is -2.21. The zero-order valence-corrected chi connectivity index (χ0v) is 16.9. The van der Waals surface area contributed by atoms with Crippen molar-refractivity contribution in [1.29, 1.82) is 0 Å². The predicted octanol–water partition coefficient (Wildman–Crippen LogP) is 4.79. The smallest absolute Gasteiger partial charge is 0.338 e. The molecule has 0 aliphatic carbocycles. The molecule has 2 aromatic carbocycles. The number of hydrogen-bond acceptors (Lipinski definition) is 4. The Balaban J connectivity index is 1.90. The molecule has 0 aromatic heterocycles. The van der Waals surface area contributed by atoms with E-state index >= 15 is 0 Å². The highest BCUT2D eigenvalue weighted by atomic mass is 16.5. The largest absolute Gasteiger partial charge is 0.484 e. The van der Waals surface area contributed by atoms with Crippen LogP contribution in [0.4, 0.5) is 5.69 Å². The molecule has 0 fully saturated rings. The summed E-state index contributed by atoms with van der Waals surface area (Å²) in [4.78, 5) is 24.2. The van der Waals surface area contributed by atoms with Crippen LogP contribution in [0.25, 0.3) is 0 Å². The molecule has 0 bridgehead atoms. The van der Waals surface area contributed by atoms with E-state index in [1.54, 1.807) is 24.3 Å². The minimum Gasteiger partial charge on any atom is -0.484 e. The van der Waals surface area contributed by atoms with Crippen LogP contribution in [0.5, 0.6) is 5.75 Å². The van der Waals surface area contributed by atoms with Gasteiger partial charge in [-0.1, -0.05) is 45.4 Å². The molecule has 0 unspecified atom stereocenters. The van der Waals surface area contributed by atoms with E-state index in [1.165, 1.54) is 0 Å². The molecule has 0 spiro atoms. The third-order valence-electron chi connectivity index (χ3n) is 4.45. The van der Waals surface area contributed by atoms with E-state index in [2.05, 4.69) is 19.2 Å². The molecular formula is C23H29NO4. The fraction of sp³-hybridized carbons (Fsp3) is 0.391. The van der Waals surface area contributed by atoms with Crippen LogP contribution in [0, 0.1) is 0 Å². The number of hydrogen-bond donors (Lipinski definition) is 1. The van der Waals surface area contributed by atoms with Crippen molar-refractivity contribution >= 4 is 17.6 Å². The Bertz CT molecular complexity index is 761. The minimum atomic E-state index is -0.346. The van der Waals surface area contributed by atoms with Crippen LogP contribution in [0.1, 0.15) is 55.1 Å². The Morgan fingerprint density at radius 3 is 2.14 bits per heavy atom. The van der Waals surface area contributed by atoms with Gasteiger partial charge in [0.15, 0.2) is 6.61 Å². The molecule has 0 aliphatic rings. The molecule has 2 aromatic rings. The molecule has 28 heavy (non-hydrogen) atoms. The zero-order chi connectivity index (χ0) is 20.4. The lowest BCUT2D eigenvalue weighted by Gasteiger charge is -2.14. The molecule has 0 atom stereocenters. The third-order valence-corrected chi connectivity index (χ3v) is 4.45. The Labute approximate surface area is 167 Å². The Kier molecular flexibility index (Phi) is 8.53. The van der Waals surface area contributed by atoms with Crippen molar-refractivity contribution in [1.82, 2.24) is 0 Å². The van der Waals surface area contributed by atoms with Gasteiger partial charge >= 0.3 is 5.97 Å². The van der Waals surface area contributed by atoms with Crippen molar-refractivity contribution in [2.24, 2.45) is 0 Å². The van der Waals surface area contributed by atoms with Gasteiger partial charge in [-0.05, 0) is 54.7 Å². The number of anilines is 1. The lowest BCUT2D eigenvalue weighted by molar-refractivity contribution is -0.118. The van der Waals surface area contributed by atoms with E-state index in [0.717, 1.165) is 42.5 Å². The number of amides is 1. The van der Waals surface area contributed by atoms with Gasteiger partial charge in [0.1, 0.15) is 5.75 Å². The number of aryl methyl sites for hydroxylation is 2. The normalized spacial score (nSPS) is 10.4. The molecule has 0 heterocycles. The molecule has 5 heteroatoms. The molecule has 1 amide bonds. The van der Waals surface area contributed by atoms with Gasteiger partial charge in [-0.3, -0.25) is 4.79 Å². The van der Waals surface area contributed by atoms with Crippen LogP contribution < -0.4 is 10.1 Å². The fourth-order valence-corrected chi connectivity index (χ4v) is 2.81. The van der Waals surface area contributed by atoms with Gasteiger partial charge in [0.25, 0.3) is 5.91 Å². The molecule has 0 saturated carbocycles. The second-order valence-corrected chi connectivity index (χ2v) is 6.51. The van der Waals surface area contributed by atoms with E-state index in [0.29, 0.717) is 17.9 Å². The first-order valence-corrected chi connectivity index (χ1v) is 9.89. The van der Waals surface area contributed by atoms with Gasteiger partial charge in [0.05, 0.1) is 12.2 Å². The number of nitrogens with one attached hydrogen (secondary N) is 1. The number of para-hydroxylation sites is 1. The summed E-state index contributed by atoms with van der Waals surface area (Å²) in [6.07, 6.45) is 3.52. The number of ether oxygens (including phenoxy) is 2. The number of unbranched alkanes of at least 4 members (excludes halogenated alkanes) is 1. The average Bonchev–Trinajstić information content (AvgIpc) is 2.72. The minimum absolute atomic E-state index is 0.0957. The maximum atomic E-state index is 12.3. The molecule has 1 N–H and O–H groups in total. The molecule has 2 rings (SSSR count). The third kappa shape index (κ3) is 6.12. The Morgan fingerprint density at radius 1 is 0.929 bits per heavy atom. The van der Waals surface area contributed by atoms with Crippen LogP contribution in [0.2, 0.25) is 0 Å². The van der Waals surface area contributed by atoms with Crippen molar-refractivity contribution in [2.45, 2.75) is 46.5 Å². The van der Waals surface area contributed by atoms with Crippen LogP contribution in [0.15, 0.2) is 42.5 Å². The highest BCUT2D eigenvalue weighted by Crippen LogP contribution is 2.22. The van der Waals surface area contributed by atoms with Crippen molar-refractivity contribution < 1.29 is 19.1 Å². The molecule has 0 aliphatic heterocycles. The fourth-order valence-electron chi connectivity index (χ4n) is 2.81. The number of benzene rings is 2. The zero-order valence-electron chi connectivity index (χ0n) is 16.9. The monoisotopic (exact) mass is 383 g/mol. The molecule has 0 radical (unpaired) electrons. The number of esters is 1. The van der Waals surface area contributed by atoms with Crippen LogP contribution in [-0.4, -0.2) is 25.1 Å². The van der Waals surface area contributed by atoms with Gasteiger partial charge in [-0.2, -0.15) is 0 Å². The van der Waals surface area contributed by atoms with E-state index < -0.39 is 0 Å². The average molecular weight is 383 g/mol. The van der Waals surface area contributed by atoms with Gasteiger partial charge in [0.2, 0.25) is 0 Å². The first-order valence-electron chi connectivity index (χ1n) is 9.89. The quantitative estimate of drug-likeness (QED) is 0.473. The van der Waals surface area contributed by atoms with Gasteiger partial charge in [-0.15, -0.1) is 0 Å². The summed E-state index contributed by atoms with van der Waals surface area (Å²) in [6, 6.07) is 12.7. The maximum absolute atomic E-state index is 12.3. The number of carbonyl (C=O) groups is 2. The standard InChI is InChI=1S/C23H29NO4/c1-4-7-15-27-23(26)19-11-13-20(14-12-19)28-16-21(25)24-22-17(5-2)9-8-10-18(22)6-3/h8-14H,4-7,15-16H2,1-3H3,(H,24,25). The summed E-state index contributed by atoms with van der Waals surface area (Å²) in [5.74, 6) is -0.0283. The van der Waals surface area contributed by atoms with Gasteiger partial charge in [0, 0.05) is 5.69 Å². The van der Waals surface area contributed by atoms with Gasteiger partial charge in [-0.25, -0.2) is 4.79 Å². The maximum Gasteiger partial charge on any atom is 0.338 e. The number of rotatable bonds is 10. The topological polar surface area (TPSA) is 64.6 Å². The van der Waals surface area contributed by atoms with E-state index in [4.69, 9.17) is 9.47 Å². The first-order chi connectivity index (χ1) is 13.6. The molecule has 5 nitrogen and oxygen atoms in total. The van der Waals surface area contributed by atoms with E-state index in [1.807, 2.05) is 25.1 Å². The first kappa shape index (κ1) is 21.5. The molecule has 150 valence electrons. The van der Waals surface area contributed by atoms with Crippen molar-refractivity contribution in [3.63, 3.8) is 0 Å². The Morgan fingerprint density at radius 2 is 1.57 bits per heavy atom. The van der Waals surface area contributed by atoms with Gasteiger partial charge < -0.3 is 14.8 Å². The summed E-state index contributed by atoms with van der Waals surface area (Å²) in [6.45, 7) is 6.50. The summed E-state index contributed by atoms with van der Waals surface area (Å²) in [7, 11) is 0. The van der Waals surface area contributed by atoms with Crippen molar-refractivity contribution in [3.8, 4) is 5.75 Å². The van der Waals surface area contributed by atoms with Crippen LogP contribution >= 0.6 is 0 Å². The molecular weight excluding hydrogens is 354 g/mol. The predicted molar refractivity (Wildman–Crippen MR) is 111 cm³/mol. The van der Waals surface area contributed by atoms with Crippen molar-refractivity contribution in [2.75, 3.05) is 18.5 Å². The summed E-state index contributed by atoms with van der Waals surface area (Å²) in [5.41, 5.74) is 3.57. The van der Waals surface area contributed by atoms with Crippen molar-refractivity contribution in [3.05, 3.63) is 59.2 Å². The lowest BCUT2D eigenvalue weighted by atomic mass is 10.0. The van der Waals surface area contributed by atoms with Crippen LogP contribution in [0.3, 0.4) is 0 Å². The Hall–Kier alpha value is -2.82. The highest BCUT2D eigenvalue weighted by Gasteiger charge is 2.11. The van der Waals surface area contributed by atoms with E-state index in [9.17, 15) is 9.59 Å². The number of carbonyl (C=O) groups excluding carboxylic acids is 2. The summed E-state index contributed by atoms with van der Waals surface area (Å²) < 4.78 is 10.7. The SMILES string of the molecule is CCCCOC(=O)c1ccc(OCC(=O)Nc2c(CC)cccc2CC)cc1. The van der Waals surface area contributed by atoms with E-state index in [-0.39, 0.29) is 18.5 Å². The highest BCUT2D eigenvalue weighted by molar-refractivity contribution is 5.93.